The van der Waals surface area contributed by atoms with Crippen LogP contribution < -0.4 is 0 Å². The van der Waals surface area contributed by atoms with Crippen molar-refractivity contribution in [1.29, 1.82) is 0 Å². The van der Waals surface area contributed by atoms with E-state index in [0.29, 0.717) is 5.92 Å². The summed E-state index contributed by atoms with van der Waals surface area (Å²) in [6, 6.07) is 30.8. The molecule has 3 aromatic carbocycles. The zero-order valence-electron chi connectivity index (χ0n) is 32.3. The molecule has 0 aliphatic heterocycles. The van der Waals surface area contributed by atoms with Crippen molar-refractivity contribution in [1.82, 2.24) is 19.9 Å². The van der Waals surface area contributed by atoms with Gasteiger partial charge in [-0.2, -0.15) is 0 Å². The molecule has 266 valence electrons. The minimum Gasteiger partial charge on any atom is -0.256 e. The first kappa shape index (κ1) is 35.7. The smallest absolute Gasteiger partial charge is 0.0972 e. The van der Waals surface area contributed by atoms with Crippen molar-refractivity contribution in [2.75, 3.05) is 0 Å². The van der Waals surface area contributed by atoms with Crippen LogP contribution >= 0.6 is 0 Å². The number of benzene rings is 3. The highest BCUT2D eigenvalue weighted by molar-refractivity contribution is 6.06. The normalized spacial score (nSPS) is 13.5. The van der Waals surface area contributed by atoms with Gasteiger partial charge in [0.1, 0.15) is 0 Å². The molecule has 0 saturated heterocycles. The molecule has 52 heavy (non-hydrogen) atoms. The average molecular weight is 687 g/mol. The first-order valence-corrected chi connectivity index (χ1v) is 19.6. The van der Waals surface area contributed by atoms with Gasteiger partial charge in [0.05, 0.1) is 33.5 Å². The second kappa shape index (κ2) is 14.7. The minimum atomic E-state index is 0.217. The fraction of sp³-hybridized carbons (Fsp3) is 0.375. The Morgan fingerprint density at radius 2 is 1.12 bits per heavy atom. The molecule has 4 heteroatoms. The average Bonchev–Trinajstić information content (AvgIpc) is 3.14. The summed E-state index contributed by atoms with van der Waals surface area (Å²) in [7, 11) is 0. The summed E-state index contributed by atoms with van der Waals surface area (Å²) in [5.74, 6) is 0.579. The molecule has 0 fully saturated rings. The van der Waals surface area contributed by atoms with Crippen molar-refractivity contribution >= 4 is 43.6 Å². The molecule has 4 aromatic heterocycles. The summed E-state index contributed by atoms with van der Waals surface area (Å²) >= 11 is 0. The summed E-state index contributed by atoms with van der Waals surface area (Å²) in [6.07, 6.45) is 13.0. The lowest BCUT2D eigenvalue weighted by molar-refractivity contribution is 0.195. The lowest BCUT2D eigenvalue weighted by Gasteiger charge is -2.34. The van der Waals surface area contributed by atoms with Gasteiger partial charge in [0.25, 0.3) is 0 Å². The van der Waals surface area contributed by atoms with E-state index in [1.54, 1.807) is 0 Å². The summed E-state index contributed by atoms with van der Waals surface area (Å²) in [5.41, 5.74) is 11.1. The van der Waals surface area contributed by atoms with E-state index in [0.717, 1.165) is 79.0 Å². The third-order valence-electron chi connectivity index (χ3n) is 11.8. The lowest BCUT2D eigenvalue weighted by atomic mass is 9.71. The van der Waals surface area contributed by atoms with Crippen molar-refractivity contribution in [3.8, 4) is 22.5 Å². The molecule has 0 amide bonds. The van der Waals surface area contributed by atoms with Gasteiger partial charge in [0, 0.05) is 45.1 Å². The molecule has 0 aliphatic carbocycles. The number of hydrogen-bond acceptors (Lipinski definition) is 4. The molecule has 0 aliphatic rings. The number of hydrogen-bond donors (Lipinski definition) is 0. The summed E-state index contributed by atoms with van der Waals surface area (Å²) in [4.78, 5) is 20.8. The Morgan fingerprint density at radius 1 is 0.558 bits per heavy atom. The van der Waals surface area contributed by atoms with Crippen LogP contribution in [0.5, 0.6) is 0 Å². The SMILES string of the molecule is CCCC(C)(CCC)Cc1ccc2cccnc2c1-c1ccc2ccc3ccc(-c4cc(CC(C)(CCC)C(C)C)cc5cccnc45)nc3c2n1. The summed E-state index contributed by atoms with van der Waals surface area (Å²) in [6.45, 7) is 16.5. The van der Waals surface area contributed by atoms with Crippen LogP contribution in [-0.4, -0.2) is 19.9 Å². The second-order valence-corrected chi connectivity index (χ2v) is 16.2. The van der Waals surface area contributed by atoms with E-state index >= 15 is 0 Å². The molecule has 1 unspecified atom stereocenters. The Morgan fingerprint density at radius 3 is 1.77 bits per heavy atom. The van der Waals surface area contributed by atoms with Crippen LogP contribution in [0.1, 0.15) is 98.1 Å². The molecular formula is C48H54N4. The van der Waals surface area contributed by atoms with Gasteiger partial charge < -0.3 is 0 Å². The van der Waals surface area contributed by atoms with E-state index in [1.165, 1.54) is 49.7 Å². The Balaban J connectivity index is 1.41. The summed E-state index contributed by atoms with van der Waals surface area (Å²) < 4.78 is 0. The fourth-order valence-corrected chi connectivity index (χ4v) is 8.82. The lowest BCUT2D eigenvalue weighted by Crippen LogP contribution is -2.26. The van der Waals surface area contributed by atoms with Crippen LogP contribution in [-0.2, 0) is 12.8 Å². The van der Waals surface area contributed by atoms with Gasteiger partial charge in [-0.1, -0.05) is 116 Å². The van der Waals surface area contributed by atoms with Gasteiger partial charge >= 0.3 is 0 Å². The molecule has 1 atom stereocenters. The van der Waals surface area contributed by atoms with Crippen LogP contribution in [0.4, 0.5) is 0 Å². The maximum absolute atomic E-state index is 5.49. The van der Waals surface area contributed by atoms with Crippen LogP contribution in [0.3, 0.4) is 0 Å². The van der Waals surface area contributed by atoms with Crippen LogP contribution in [0.25, 0.3) is 66.1 Å². The number of fused-ring (bicyclic) bond motifs is 5. The highest BCUT2D eigenvalue weighted by Crippen LogP contribution is 2.41. The topological polar surface area (TPSA) is 51.6 Å². The third kappa shape index (κ3) is 6.93. The van der Waals surface area contributed by atoms with Crippen molar-refractivity contribution in [3.05, 3.63) is 108 Å². The van der Waals surface area contributed by atoms with E-state index in [2.05, 4.69) is 121 Å². The number of rotatable bonds is 13. The second-order valence-electron chi connectivity index (χ2n) is 16.2. The van der Waals surface area contributed by atoms with Gasteiger partial charge in [-0.25, -0.2) is 9.97 Å². The Labute approximate surface area is 310 Å². The van der Waals surface area contributed by atoms with E-state index in [1.807, 2.05) is 24.5 Å². The number of aromatic nitrogens is 4. The molecule has 4 nitrogen and oxygen atoms in total. The number of pyridine rings is 4. The molecular weight excluding hydrogens is 633 g/mol. The van der Waals surface area contributed by atoms with Gasteiger partial charge in [0.2, 0.25) is 0 Å². The predicted octanol–water partition coefficient (Wildman–Crippen LogP) is 13.4. The third-order valence-corrected chi connectivity index (χ3v) is 11.8. The molecule has 7 rings (SSSR count). The zero-order valence-corrected chi connectivity index (χ0v) is 32.3. The van der Waals surface area contributed by atoms with Gasteiger partial charge in [-0.15, -0.1) is 0 Å². The standard InChI is InChI=1S/C48H54N4/c1-8-23-47(6,24-9-2)31-38-18-17-34-13-11-27-50-44(34)42(38)41-22-20-36-16-15-35-19-21-40(51-45(35)46(36)52-41)39-29-33(28-37-14-12-26-49-43(37)39)30-48(7,25-10-3)32(4)5/h11-22,26-29,32H,8-10,23-25,30-31H2,1-7H3. The highest BCUT2D eigenvalue weighted by Gasteiger charge is 2.29. The predicted molar refractivity (Wildman–Crippen MR) is 222 cm³/mol. The molecule has 4 heterocycles. The molecule has 7 aromatic rings. The van der Waals surface area contributed by atoms with E-state index in [9.17, 15) is 0 Å². The van der Waals surface area contributed by atoms with Gasteiger partial charge in [-0.3, -0.25) is 9.97 Å². The molecule has 0 radical (unpaired) electrons. The first-order chi connectivity index (χ1) is 25.1. The largest absolute Gasteiger partial charge is 0.256 e. The zero-order chi connectivity index (χ0) is 36.5. The monoisotopic (exact) mass is 686 g/mol. The van der Waals surface area contributed by atoms with E-state index < -0.39 is 0 Å². The van der Waals surface area contributed by atoms with Crippen molar-refractivity contribution in [2.24, 2.45) is 16.7 Å². The van der Waals surface area contributed by atoms with Gasteiger partial charge in [0.15, 0.2) is 0 Å². The maximum Gasteiger partial charge on any atom is 0.0972 e. The van der Waals surface area contributed by atoms with Crippen LogP contribution in [0.2, 0.25) is 0 Å². The van der Waals surface area contributed by atoms with E-state index in [-0.39, 0.29) is 10.8 Å². The van der Waals surface area contributed by atoms with Crippen molar-refractivity contribution in [2.45, 2.75) is 99.8 Å². The Kier molecular flexibility index (Phi) is 10.1. The Hall–Kier alpha value is -4.70. The fourth-order valence-electron chi connectivity index (χ4n) is 8.82. The van der Waals surface area contributed by atoms with Crippen molar-refractivity contribution in [3.63, 3.8) is 0 Å². The Bertz CT molecular complexity index is 2370. The van der Waals surface area contributed by atoms with Crippen LogP contribution in [0, 0.1) is 16.7 Å². The summed E-state index contributed by atoms with van der Waals surface area (Å²) in [5, 5.41) is 4.47. The maximum atomic E-state index is 5.49. The highest BCUT2D eigenvalue weighted by atomic mass is 14.8. The first-order valence-electron chi connectivity index (χ1n) is 19.6. The molecule has 0 saturated carbocycles. The van der Waals surface area contributed by atoms with E-state index in [4.69, 9.17) is 19.9 Å². The van der Waals surface area contributed by atoms with Crippen LogP contribution in [0.15, 0.2) is 97.3 Å². The molecule has 0 N–H and O–H groups in total. The number of nitrogens with zero attached hydrogens (tertiary/aromatic N) is 4. The quantitative estimate of drug-likeness (QED) is 0.113. The minimum absolute atomic E-state index is 0.217. The molecule has 0 bridgehead atoms. The van der Waals surface area contributed by atoms with Gasteiger partial charge in [-0.05, 0) is 96.4 Å². The van der Waals surface area contributed by atoms with Crippen molar-refractivity contribution < 1.29 is 0 Å². The molecule has 0 spiro atoms.